The van der Waals surface area contributed by atoms with Crippen LogP contribution in [-0.2, 0) is 13.6 Å². The average molecular weight is 324 g/mol. The quantitative estimate of drug-likeness (QED) is 0.907. The Morgan fingerprint density at radius 3 is 2.79 bits per heavy atom. The fourth-order valence-corrected chi connectivity index (χ4v) is 2.32. The second-order valence-electron chi connectivity index (χ2n) is 4.27. The van der Waals surface area contributed by atoms with Crippen molar-refractivity contribution in [3.05, 3.63) is 45.7 Å². The molecule has 0 radical (unpaired) electrons. The number of aromatic carboxylic acids is 1. The lowest BCUT2D eigenvalue weighted by molar-refractivity contribution is 0.0697. The molecule has 5 nitrogen and oxygen atoms in total. The van der Waals surface area contributed by atoms with Crippen LogP contribution < -0.4 is 5.32 Å². The summed E-state index contributed by atoms with van der Waals surface area (Å²) in [6, 6.07) is 4.91. The molecule has 0 bridgehead atoms. The predicted octanol–water partition coefficient (Wildman–Crippen LogP) is 2.80. The number of hydrogen-bond donors (Lipinski definition) is 2. The number of aromatic nitrogens is 2. The van der Waals surface area contributed by atoms with Gasteiger partial charge in [0.15, 0.2) is 0 Å². The van der Waals surface area contributed by atoms with Crippen LogP contribution in [0.1, 0.15) is 21.6 Å². The predicted molar refractivity (Wildman–Crippen MR) is 76.4 cm³/mol. The van der Waals surface area contributed by atoms with Crippen molar-refractivity contribution in [2.24, 2.45) is 7.05 Å². The highest BCUT2D eigenvalue weighted by Gasteiger charge is 2.08. The summed E-state index contributed by atoms with van der Waals surface area (Å²) in [6.07, 6.45) is 1.96. The van der Waals surface area contributed by atoms with Crippen molar-refractivity contribution in [2.75, 3.05) is 5.32 Å². The van der Waals surface area contributed by atoms with Crippen molar-refractivity contribution in [1.29, 1.82) is 0 Å². The van der Waals surface area contributed by atoms with Gasteiger partial charge in [0, 0.05) is 35.5 Å². The zero-order valence-electron chi connectivity index (χ0n) is 10.6. The molecule has 1 heterocycles. The molecular weight excluding hydrogens is 310 g/mol. The number of carbonyl (C=O) groups is 1. The van der Waals surface area contributed by atoms with Gasteiger partial charge in [0.05, 0.1) is 11.3 Å². The van der Waals surface area contributed by atoms with Gasteiger partial charge in [0.25, 0.3) is 0 Å². The molecule has 2 rings (SSSR count). The van der Waals surface area contributed by atoms with E-state index in [1.54, 1.807) is 22.9 Å². The van der Waals surface area contributed by atoms with Crippen LogP contribution in [0.2, 0.25) is 0 Å². The number of anilines is 1. The third-order valence-electron chi connectivity index (χ3n) is 2.80. The van der Waals surface area contributed by atoms with E-state index >= 15 is 0 Å². The van der Waals surface area contributed by atoms with E-state index in [9.17, 15) is 4.79 Å². The van der Waals surface area contributed by atoms with E-state index in [1.807, 2.05) is 20.2 Å². The van der Waals surface area contributed by atoms with Crippen molar-refractivity contribution in [2.45, 2.75) is 13.5 Å². The molecule has 19 heavy (non-hydrogen) atoms. The van der Waals surface area contributed by atoms with E-state index in [4.69, 9.17) is 5.11 Å². The number of rotatable bonds is 4. The Morgan fingerprint density at radius 1 is 1.53 bits per heavy atom. The highest BCUT2D eigenvalue weighted by Crippen LogP contribution is 2.24. The van der Waals surface area contributed by atoms with E-state index in [0.717, 1.165) is 21.4 Å². The van der Waals surface area contributed by atoms with Crippen LogP contribution in [0.5, 0.6) is 0 Å². The molecule has 6 heteroatoms. The maximum absolute atomic E-state index is 10.8. The van der Waals surface area contributed by atoms with Crippen LogP contribution in [-0.4, -0.2) is 20.9 Å². The summed E-state index contributed by atoms with van der Waals surface area (Å²) in [7, 11) is 1.88. The van der Waals surface area contributed by atoms with Gasteiger partial charge in [0.1, 0.15) is 0 Å². The molecule has 0 saturated carbocycles. The van der Waals surface area contributed by atoms with Gasteiger partial charge in [0.2, 0.25) is 0 Å². The Kier molecular flexibility index (Phi) is 3.90. The van der Waals surface area contributed by atoms with E-state index < -0.39 is 5.97 Å². The number of nitrogens with zero attached hydrogens (tertiary/aromatic N) is 2. The van der Waals surface area contributed by atoms with Crippen LogP contribution in [0, 0.1) is 6.92 Å². The third-order valence-corrected chi connectivity index (χ3v) is 3.46. The molecule has 0 atom stereocenters. The van der Waals surface area contributed by atoms with E-state index in [0.29, 0.717) is 6.54 Å². The first-order valence-electron chi connectivity index (χ1n) is 5.73. The van der Waals surface area contributed by atoms with Gasteiger partial charge in [-0.2, -0.15) is 5.10 Å². The number of hydrogen-bond acceptors (Lipinski definition) is 3. The second kappa shape index (κ2) is 5.44. The van der Waals surface area contributed by atoms with Gasteiger partial charge in [-0.3, -0.25) is 4.68 Å². The van der Waals surface area contributed by atoms with Gasteiger partial charge < -0.3 is 10.4 Å². The van der Waals surface area contributed by atoms with Crippen LogP contribution in [0.4, 0.5) is 5.69 Å². The maximum Gasteiger partial charge on any atom is 0.335 e. The maximum atomic E-state index is 10.8. The third kappa shape index (κ3) is 3.14. The molecule has 2 N–H and O–H groups in total. The van der Waals surface area contributed by atoms with Gasteiger partial charge in [-0.25, -0.2) is 4.79 Å². The summed E-state index contributed by atoms with van der Waals surface area (Å²) in [6.45, 7) is 2.60. The molecule has 0 aliphatic rings. The molecule has 0 saturated heterocycles. The van der Waals surface area contributed by atoms with Gasteiger partial charge in [-0.1, -0.05) is 0 Å². The molecule has 0 spiro atoms. The highest BCUT2D eigenvalue weighted by molar-refractivity contribution is 9.10. The summed E-state index contributed by atoms with van der Waals surface area (Å²) in [4.78, 5) is 10.8. The summed E-state index contributed by atoms with van der Waals surface area (Å²) in [5, 5.41) is 16.4. The van der Waals surface area contributed by atoms with Crippen molar-refractivity contribution in [3.63, 3.8) is 0 Å². The minimum atomic E-state index is -0.935. The molecule has 0 aliphatic carbocycles. The molecule has 0 unspecified atom stereocenters. The summed E-state index contributed by atoms with van der Waals surface area (Å²) in [5.41, 5.74) is 3.20. The minimum Gasteiger partial charge on any atom is -0.478 e. The largest absolute Gasteiger partial charge is 0.478 e. The van der Waals surface area contributed by atoms with Gasteiger partial charge in [-0.05, 0) is 41.1 Å². The van der Waals surface area contributed by atoms with Crippen molar-refractivity contribution >= 4 is 27.6 Å². The Labute approximate surface area is 119 Å². The standard InChI is InChI=1S/C13H14BrN3O2/c1-8-10(7-17(2)16-8)6-15-12-4-3-9(13(18)19)5-11(12)14/h3-5,7,15H,6H2,1-2H3,(H,18,19). The molecule has 0 amide bonds. The molecule has 1 aromatic carbocycles. The van der Waals surface area contributed by atoms with Gasteiger partial charge >= 0.3 is 5.97 Å². The fraction of sp³-hybridized carbons (Fsp3) is 0.231. The normalized spacial score (nSPS) is 10.5. The van der Waals surface area contributed by atoms with Crippen LogP contribution >= 0.6 is 15.9 Å². The summed E-state index contributed by atoms with van der Waals surface area (Å²) >= 11 is 3.37. The molecule has 0 aliphatic heterocycles. The number of benzene rings is 1. The lowest BCUT2D eigenvalue weighted by Crippen LogP contribution is -2.02. The molecule has 0 fully saturated rings. The lowest BCUT2D eigenvalue weighted by atomic mass is 10.2. The number of halogens is 1. The van der Waals surface area contributed by atoms with Crippen molar-refractivity contribution in [1.82, 2.24) is 9.78 Å². The number of carboxylic acids is 1. The molecular formula is C13H14BrN3O2. The first-order valence-corrected chi connectivity index (χ1v) is 6.52. The van der Waals surface area contributed by atoms with Crippen LogP contribution in [0.3, 0.4) is 0 Å². The zero-order chi connectivity index (χ0) is 14.0. The Hall–Kier alpha value is -1.82. The number of carboxylic acid groups (broad SMARTS) is 1. The van der Waals surface area contributed by atoms with E-state index in [-0.39, 0.29) is 5.56 Å². The summed E-state index contributed by atoms with van der Waals surface area (Å²) < 4.78 is 2.50. The lowest BCUT2D eigenvalue weighted by Gasteiger charge is -2.08. The molecule has 100 valence electrons. The SMILES string of the molecule is Cc1nn(C)cc1CNc1ccc(C(=O)O)cc1Br. The van der Waals surface area contributed by atoms with Crippen molar-refractivity contribution in [3.8, 4) is 0 Å². The smallest absolute Gasteiger partial charge is 0.335 e. The highest BCUT2D eigenvalue weighted by atomic mass is 79.9. The zero-order valence-corrected chi connectivity index (χ0v) is 12.2. The average Bonchev–Trinajstić information content (AvgIpc) is 2.66. The topological polar surface area (TPSA) is 67.2 Å². The summed E-state index contributed by atoms with van der Waals surface area (Å²) in [5.74, 6) is -0.935. The molecule has 1 aromatic heterocycles. The van der Waals surface area contributed by atoms with Crippen LogP contribution in [0.25, 0.3) is 0 Å². The number of nitrogens with one attached hydrogen (secondary N) is 1. The Morgan fingerprint density at radius 2 is 2.26 bits per heavy atom. The van der Waals surface area contributed by atoms with E-state index in [1.165, 1.54) is 0 Å². The second-order valence-corrected chi connectivity index (χ2v) is 5.12. The first-order chi connectivity index (χ1) is 8.97. The molecule has 2 aromatic rings. The fourth-order valence-electron chi connectivity index (χ4n) is 1.80. The van der Waals surface area contributed by atoms with E-state index in [2.05, 4.69) is 26.3 Å². The minimum absolute atomic E-state index is 0.259. The van der Waals surface area contributed by atoms with Gasteiger partial charge in [-0.15, -0.1) is 0 Å². The van der Waals surface area contributed by atoms with Crippen molar-refractivity contribution < 1.29 is 9.90 Å². The monoisotopic (exact) mass is 323 g/mol. The van der Waals surface area contributed by atoms with Crippen LogP contribution in [0.15, 0.2) is 28.9 Å². The number of aryl methyl sites for hydroxylation is 2. The Balaban J connectivity index is 2.12. The Bertz CT molecular complexity index is 622. The first kappa shape index (κ1) is 13.6.